The zero-order valence-electron chi connectivity index (χ0n) is 17.3. The van der Waals surface area contributed by atoms with Gasteiger partial charge in [-0.1, -0.05) is 37.3 Å². The van der Waals surface area contributed by atoms with Gasteiger partial charge in [-0.05, 0) is 41.8 Å². The Morgan fingerprint density at radius 1 is 1.19 bits per heavy atom. The predicted molar refractivity (Wildman–Crippen MR) is 126 cm³/mol. The first-order valence-electron chi connectivity index (χ1n) is 10.1. The Labute approximate surface area is 188 Å². The van der Waals surface area contributed by atoms with Crippen LogP contribution in [0.1, 0.15) is 38.5 Å². The van der Waals surface area contributed by atoms with E-state index < -0.39 is 23.8 Å². The van der Waals surface area contributed by atoms with E-state index in [4.69, 9.17) is 11.5 Å². The third-order valence-corrected chi connectivity index (χ3v) is 6.54. The topological polar surface area (TPSA) is 147 Å². The van der Waals surface area contributed by atoms with Crippen molar-refractivity contribution in [2.75, 3.05) is 11.1 Å². The number of imidazole rings is 1. The number of carbonyl (C=O) groups excluding carboxylic acids is 2. The van der Waals surface area contributed by atoms with Crippen molar-refractivity contribution in [3.8, 4) is 0 Å². The molecule has 0 aliphatic rings. The predicted octanol–water partition coefficient (Wildman–Crippen LogP) is 3.00. The van der Waals surface area contributed by atoms with Crippen LogP contribution in [-0.4, -0.2) is 33.0 Å². The average molecular weight is 450 g/mol. The molecular formula is C23H23N5O3S. The van der Waals surface area contributed by atoms with Gasteiger partial charge in [0.15, 0.2) is 5.95 Å². The first-order chi connectivity index (χ1) is 15.4. The second-order valence-electron chi connectivity index (χ2n) is 7.39. The van der Waals surface area contributed by atoms with E-state index in [0.29, 0.717) is 39.1 Å². The smallest absolute Gasteiger partial charge is 0.259 e. The maximum Gasteiger partial charge on any atom is 0.259 e. The van der Waals surface area contributed by atoms with Crippen molar-refractivity contribution in [3.63, 3.8) is 0 Å². The van der Waals surface area contributed by atoms with E-state index in [1.54, 1.807) is 18.2 Å². The molecule has 0 bridgehead atoms. The fourth-order valence-corrected chi connectivity index (χ4v) is 4.72. The lowest BCUT2D eigenvalue weighted by atomic mass is 9.86. The maximum absolute atomic E-state index is 13.1. The Hall–Kier alpha value is -3.69. The summed E-state index contributed by atoms with van der Waals surface area (Å²) in [6.45, 7) is 1.97. The number of hydrogen-bond donors (Lipinski definition) is 5. The third kappa shape index (κ3) is 4.20. The highest BCUT2D eigenvalue weighted by Crippen LogP contribution is 2.36. The molecule has 0 fully saturated rings. The Balaban J connectivity index is 1.70. The van der Waals surface area contributed by atoms with E-state index in [1.165, 1.54) is 11.3 Å². The number of aliphatic hydroxyl groups excluding tert-OH is 1. The lowest BCUT2D eigenvalue weighted by molar-refractivity contribution is -0.124. The average Bonchev–Trinajstić information content (AvgIpc) is 3.37. The van der Waals surface area contributed by atoms with Crippen LogP contribution in [0.4, 0.5) is 11.6 Å². The number of nitrogens with two attached hydrogens (primary N) is 2. The van der Waals surface area contributed by atoms with Gasteiger partial charge in [0.05, 0.1) is 15.9 Å². The van der Waals surface area contributed by atoms with E-state index in [0.717, 1.165) is 4.88 Å². The number of benzene rings is 2. The van der Waals surface area contributed by atoms with Crippen LogP contribution >= 0.6 is 11.3 Å². The molecule has 0 aliphatic heterocycles. The van der Waals surface area contributed by atoms with Crippen molar-refractivity contribution in [1.82, 2.24) is 9.97 Å². The number of primary amides is 1. The normalized spacial score (nSPS) is 13.1. The summed E-state index contributed by atoms with van der Waals surface area (Å²) < 4.78 is 0. The summed E-state index contributed by atoms with van der Waals surface area (Å²) in [6.07, 6.45) is -0.750. The number of carbonyl (C=O) groups is 2. The lowest BCUT2D eigenvalue weighted by Gasteiger charge is -2.23. The van der Waals surface area contributed by atoms with E-state index in [9.17, 15) is 14.7 Å². The highest BCUT2D eigenvalue weighted by molar-refractivity contribution is 7.14. The molecule has 4 rings (SSSR count). The summed E-state index contributed by atoms with van der Waals surface area (Å²) in [4.78, 5) is 33.5. The molecule has 0 spiro atoms. The number of rotatable bonds is 7. The fraction of sp³-hybridized carbons (Fsp3) is 0.174. The number of aliphatic hydroxyl groups is 1. The molecule has 32 heavy (non-hydrogen) atoms. The first-order valence-corrected chi connectivity index (χ1v) is 10.9. The number of hydrogen-bond acceptors (Lipinski definition) is 6. The Morgan fingerprint density at radius 3 is 2.62 bits per heavy atom. The van der Waals surface area contributed by atoms with Gasteiger partial charge in [0, 0.05) is 16.5 Å². The molecule has 2 atom stereocenters. The number of amides is 2. The van der Waals surface area contributed by atoms with E-state index >= 15 is 0 Å². The molecule has 0 saturated carbocycles. The van der Waals surface area contributed by atoms with Crippen molar-refractivity contribution in [2.45, 2.75) is 25.4 Å². The lowest BCUT2D eigenvalue weighted by Crippen LogP contribution is -2.34. The Kier molecular flexibility index (Phi) is 5.93. The zero-order chi connectivity index (χ0) is 22.8. The van der Waals surface area contributed by atoms with Crippen LogP contribution in [-0.2, 0) is 11.2 Å². The minimum atomic E-state index is -1.46. The zero-order valence-corrected chi connectivity index (χ0v) is 18.1. The van der Waals surface area contributed by atoms with Gasteiger partial charge in [0.1, 0.15) is 6.10 Å². The summed E-state index contributed by atoms with van der Waals surface area (Å²) >= 11 is 1.29. The Bertz CT molecular complexity index is 1280. The van der Waals surface area contributed by atoms with Crippen LogP contribution in [0, 0.1) is 0 Å². The van der Waals surface area contributed by atoms with Crippen molar-refractivity contribution >= 4 is 45.8 Å². The molecule has 2 heterocycles. The summed E-state index contributed by atoms with van der Waals surface area (Å²) in [7, 11) is 0. The molecule has 164 valence electrons. The van der Waals surface area contributed by atoms with Crippen LogP contribution in [0.2, 0.25) is 0 Å². The summed E-state index contributed by atoms with van der Waals surface area (Å²) in [5.74, 6) is -1.68. The molecule has 2 amide bonds. The SMILES string of the molecule is CCc1cc(C(c2ccccc2)C(O)C(=O)Nc2ccc3nc(N)[nH]c3c2)c(C(N)=O)s1. The van der Waals surface area contributed by atoms with Gasteiger partial charge in [-0.25, -0.2) is 4.98 Å². The van der Waals surface area contributed by atoms with Crippen LogP contribution in [0.15, 0.2) is 54.6 Å². The van der Waals surface area contributed by atoms with Gasteiger partial charge in [-0.3, -0.25) is 9.59 Å². The van der Waals surface area contributed by atoms with Gasteiger partial charge < -0.3 is 26.9 Å². The standard InChI is InChI=1S/C23H23N5O3S/c1-2-14-11-15(20(32-14)21(24)30)18(12-6-4-3-5-7-12)19(29)22(31)26-13-8-9-16-17(10-13)28-23(25)27-16/h3-11,18-19,29H,2H2,1H3,(H2,24,30)(H,26,31)(H3,25,27,28). The summed E-state index contributed by atoms with van der Waals surface area (Å²) in [6, 6.07) is 16.0. The number of anilines is 2. The van der Waals surface area contributed by atoms with Gasteiger partial charge in [0.25, 0.3) is 11.8 Å². The van der Waals surface area contributed by atoms with Crippen molar-refractivity contribution in [3.05, 3.63) is 75.5 Å². The molecule has 2 aromatic heterocycles. The number of nitrogen functional groups attached to an aromatic ring is 1. The molecule has 4 aromatic rings. The highest BCUT2D eigenvalue weighted by atomic mass is 32.1. The molecular weight excluding hydrogens is 426 g/mol. The van der Waals surface area contributed by atoms with E-state index in [-0.39, 0.29) is 5.95 Å². The monoisotopic (exact) mass is 449 g/mol. The molecule has 0 saturated heterocycles. The second kappa shape index (κ2) is 8.81. The number of nitrogens with zero attached hydrogens (tertiary/aromatic N) is 1. The van der Waals surface area contributed by atoms with Gasteiger partial charge >= 0.3 is 0 Å². The molecule has 0 aliphatic carbocycles. The summed E-state index contributed by atoms with van der Waals surface area (Å²) in [5, 5.41) is 13.9. The van der Waals surface area contributed by atoms with Crippen LogP contribution in [0.25, 0.3) is 11.0 Å². The highest BCUT2D eigenvalue weighted by Gasteiger charge is 2.33. The number of aromatic amines is 1. The minimum Gasteiger partial charge on any atom is -0.382 e. The number of aromatic nitrogens is 2. The van der Waals surface area contributed by atoms with Crippen molar-refractivity contribution in [1.29, 1.82) is 0 Å². The van der Waals surface area contributed by atoms with Gasteiger partial charge in [-0.2, -0.15) is 0 Å². The number of nitrogens with one attached hydrogen (secondary N) is 2. The molecule has 9 heteroatoms. The van der Waals surface area contributed by atoms with Gasteiger partial charge in [-0.15, -0.1) is 11.3 Å². The molecule has 7 N–H and O–H groups in total. The number of thiophene rings is 1. The number of fused-ring (bicyclic) bond motifs is 1. The van der Waals surface area contributed by atoms with Crippen molar-refractivity contribution in [2.24, 2.45) is 5.73 Å². The van der Waals surface area contributed by atoms with E-state index in [1.807, 2.05) is 43.3 Å². The largest absolute Gasteiger partial charge is 0.382 e. The molecule has 2 aromatic carbocycles. The summed E-state index contributed by atoms with van der Waals surface area (Å²) in [5.41, 5.74) is 14.4. The van der Waals surface area contributed by atoms with E-state index in [2.05, 4.69) is 15.3 Å². The van der Waals surface area contributed by atoms with Crippen LogP contribution < -0.4 is 16.8 Å². The van der Waals surface area contributed by atoms with Crippen LogP contribution in [0.3, 0.4) is 0 Å². The number of H-pyrrole nitrogens is 1. The fourth-order valence-electron chi connectivity index (χ4n) is 3.72. The number of aryl methyl sites for hydroxylation is 1. The maximum atomic E-state index is 13.1. The molecule has 0 radical (unpaired) electrons. The van der Waals surface area contributed by atoms with Gasteiger partial charge in [0.2, 0.25) is 0 Å². The van der Waals surface area contributed by atoms with Crippen LogP contribution in [0.5, 0.6) is 0 Å². The quantitative estimate of drug-likeness (QED) is 0.294. The Morgan fingerprint density at radius 2 is 1.94 bits per heavy atom. The second-order valence-corrected chi connectivity index (χ2v) is 8.53. The molecule has 2 unspecified atom stereocenters. The molecule has 8 nitrogen and oxygen atoms in total. The first kappa shape index (κ1) is 21.5. The van der Waals surface area contributed by atoms with Crippen molar-refractivity contribution < 1.29 is 14.7 Å². The third-order valence-electron chi connectivity index (χ3n) is 5.23. The minimum absolute atomic E-state index is 0.274.